The number of nitrogens with two attached hydrogens (primary N) is 1. The van der Waals surface area contributed by atoms with Gasteiger partial charge in [0.2, 0.25) is 6.79 Å². The largest absolute Gasteiger partial charge is 0.454 e. The predicted molar refractivity (Wildman–Crippen MR) is 87.3 cm³/mol. The van der Waals surface area contributed by atoms with Crippen molar-refractivity contribution < 1.29 is 33.4 Å². The van der Waals surface area contributed by atoms with Crippen LogP contribution in [0.1, 0.15) is 24.2 Å². The molecule has 1 heterocycles. The standard InChI is InChI=1S/C16H19N3O7/c1-8(2)13(15(22)19-16(17)23)26-12(20)6-18-14(21)9-3-4-10-11(5-9)25-7-24-10/h3-5,8,13H,6-7H2,1-2H3,(H,18,21)(H3,17,19,22,23)/t13-/m1/s1. The number of ether oxygens (including phenoxy) is 3. The molecule has 10 heteroatoms. The van der Waals surface area contributed by atoms with Crippen molar-refractivity contribution in [3.8, 4) is 11.5 Å². The van der Waals surface area contributed by atoms with Gasteiger partial charge in [-0.25, -0.2) is 4.79 Å². The van der Waals surface area contributed by atoms with E-state index in [4.69, 9.17) is 19.9 Å². The molecule has 2 rings (SSSR count). The van der Waals surface area contributed by atoms with Crippen LogP contribution in [-0.2, 0) is 14.3 Å². The maximum atomic E-state index is 12.1. The quantitative estimate of drug-likeness (QED) is 0.597. The number of carbonyl (C=O) groups excluding carboxylic acids is 4. The molecule has 0 aliphatic carbocycles. The van der Waals surface area contributed by atoms with Gasteiger partial charge in [0, 0.05) is 5.56 Å². The first-order chi connectivity index (χ1) is 12.3. The van der Waals surface area contributed by atoms with Gasteiger partial charge in [0.1, 0.15) is 6.54 Å². The first-order valence-electron chi connectivity index (χ1n) is 7.75. The van der Waals surface area contributed by atoms with Crippen molar-refractivity contribution in [2.45, 2.75) is 20.0 Å². The second-order valence-corrected chi connectivity index (χ2v) is 5.76. The fraction of sp³-hybridized carbons (Fsp3) is 0.375. The maximum absolute atomic E-state index is 12.1. The van der Waals surface area contributed by atoms with Gasteiger partial charge in [-0.1, -0.05) is 13.8 Å². The highest BCUT2D eigenvalue weighted by Gasteiger charge is 2.27. The number of esters is 1. The summed E-state index contributed by atoms with van der Waals surface area (Å²) in [5.41, 5.74) is 5.15. The van der Waals surface area contributed by atoms with Crippen LogP contribution in [0.4, 0.5) is 4.79 Å². The number of hydrogen-bond donors (Lipinski definition) is 3. The second-order valence-electron chi connectivity index (χ2n) is 5.76. The minimum Gasteiger partial charge on any atom is -0.454 e. The third-order valence-corrected chi connectivity index (χ3v) is 3.40. The Morgan fingerprint density at radius 2 is 1.88 bits per heavy atom. The number of amides is 4. The van der Waals surface area contributed by atoms with E-state index in [1.807, 2.05) is 5.32 Å². The number of urea groups is 1. The number of fused-ring (bicyclic) bond motifs is 1. The molecule has 4 amide bonds. The summed E-state index contributed by atoms with van der Waals surface area (Å²) in [6.45, 7) is 2.88. The molecular weight excluding hydrogens is 346 g/mol. The van der Waals surface area contributed by atoms with Crippen LogP contribution < -0.4 is 25.8 Å². The Bertz CT molecular complexity index is 733. The van der Waals surface area contributed by atoms with Gasteiger partial charge in [-0.15, -0.1) is 0 Å². The molecule has 4 N–H and O–H groups in total. The molecule has 0 fully saturated rings. The van der Waals surface area contributed by atoms with Gasteiger partial charge in [-0.3, -0.25) is 19.7 Å². The lowest BCUT2D eigenvalue weighted by molar-refractivity contribution is -0.157. The number of imide groups is 1. The predicted octanol–water partition coefficient (Wildman–Crippen LogP) is -0.0922. The van der Waals surface area contributed by atoms with Gasteiger partial charge in [0.15, 0.2) is 17.6 Å². The summed E-state index contributed by atoms with van der Waals surface area (Å²) in [5.74, 6) is -1.63. The van der Waals surface area contributed by atoms with Crippen molar-refractivity contribution in [3.63, 3.8) is 0 Å². The molecule has 0 saturated carbocycles. The Balaban J connectivity index is 1.89. The minimum atomic E-state index is -1.21. The second kappa shape index (κ2) is 8.19. The summed E-state index contributed by atoms with van der Waals surface area (Å²) in [6, 6.07) is 3.54. The number of benzene rings is 1. The molecule has 1 aromatic carbocycles. The summed E-state index contributed by atoms with van der Waals surface area (Å²) in [7, 11) is 0. The first-order valence-corrected chi connectivity index (χ1v) is 7.75. The molecule has 1 aliphatic rings. The highest BCUT2D eigenvalue weighted by atomic mass is 16.7. The normalized spacial score (nSPS) is 13.0. The van der Waals surface area contributed by atoms with Crippen LogP contribution in [0, 0.1) is 5.92 Å². The minimum absolute atomic E-state index is 0.0800. The van der Waals surface area contributed by atoms with Crippen molar-refractivity contribution in [1.82, 2.24) is 10.6 Å². The molecule has 0 radical (unpaired) electrons. The van der Waals surface area contributed by atoms with Gasteiger partial charge in [-0.2, -0.15) is 0 Å². The van der Waals surface area contributed by atoms with E-state index in [9.17, 15) is 19.2 Å². The lowest BCUT2D eigenvalue weighted by Gasteiger charge is -2.19. The van der Waals surface area contributed by atoms with Crippen molar-refractivity contribution in [2.75, 3.05) is 13.3 Å². The fourth-order valence-electron chi connectivity index (χ4n) is 2.16. The summed E-state index contributed by atoms with van der Waals surface area (Å²) >= 11 is 0. The highest BCUT2D eigenvalue weighted by molar-refractivity contribution is 5.98. The van der Waals surface area contributed by atoms with Gasteiger partial charge in [0.05, 0.1) is 0 Å². The summed E-state index contributed by atoms with van der Waals surface area (Å²) in [6.07, 6.45) is -1.21. The molecule has 1 aromatic rings. The molecule has 0 unspecified atom stereocenters. The van der Waals surface area contributed by atoms with E-state index in [1.54, 1.807) is 19.9 Å². The van der Waals surface area contributed by atoms with E-state index in [2.05, 4.69) is 5.32 Å². The number of rotatable bonds is 6. The Morgan fingerprint density at radius 1 is 1.19 bits per heavy atom. The Kier molecular flexibility index (Phi) is 5.99. The van der Waals surface area contributed by atoms with Crippen molar-refractivity contribution >= 4 is 23.8 Å². The molecule has 1 aliphatic heterocycles. The number of hydrogen-bond acceptors (Lipinski definition) is 7. The summed E-state index contributed by atoms with van der Waals surface area (Å²) in [4.78, 5) is 46.5. The van der Waals surface area contributed by atoms with Gasteiger partial charge >= 0.3 is 12.0 Å². The Hall–Kier alpha value is -3.30. The number of primary amides is 1. The average Bonchev–Trinajstić information content (AvgIpc) is 3.04. The summed E-state index contributed by atoms with van der Waals surface area (Å²) < 4.78 is 15.3. The average molecular weight is 365 g/mol. The van der Waals surface area contributed by atoms with Crippen LogP contribution in [-0.4, -0.2) is 43.3 Å². The zero-order chi connectivity index (χ0) is 19.3. The lowest BCUT2D eigenvalue weighted by Crippen LogP contribution is -2.46. The summed E-state index contributed by atoms with van der Waals surface area (Å²) in [5, 5.41) is 4.23. The van der Waals surface area contributed by atoms with Crippen LogP contribution in [0.5, 0.6) is 11.5 Å². The lowest BCUT2D eigenvalue weighted by atomic mass is 10.1. The van der Waals surface area contributed by atoms with Crippen LogP contribution in [0.2, 0.25) is 0 Å². The number of carbonyl (C=O) groups is 4. The molecule has 0 spiro atoms. The third kappa shape index (κ3) is 4.85. The third-order valence-electron chi connectivity index (χ3n) is 3.40. The zero-order valence-corrected chi connectivity index (χ0v) is 14.2. The molecular formula is C16H19N3O7. The molecule has 1 atom stereocenters. The Labute approximate surface area is 149 Å². The Morgan fingerprint density at radius 3 is 2.54 bits per heavy atom. The van der Waals surface area contributed by atoms with Crippen molar-refractivity contribution in [2.24, 2.45) is 11.7 Å². The zero-order valence-electron chi connectivity index (χ0n) is 14.2. The van der Waals surface area contributed by atoms with Crippen molar-refractivity contribution in [3.05, 3.63) is 23.8 Å². The monoisotopic (exact) mass is 365 g/mol. The van der Waals surface area contributed by atoms with Gasteiger partial charge in [-0.05, 0) is 24.1 Å². The SMILES string of the molecule is CC(C)[C@@H](OC(=O)CNC(=O)c1ccc2c(c1)OCO2)C(=O)NC(N)=O. The molecule has 0 aromatic heterocycles. The van der Waals surface area contributed by atoms with E-state index in [1.165, 1.54) is 12.1 Å². The molecule has 26 heavy (non-hydrogen) atoms. The van der Waals surface area contributed by atoms with E-state index in [0.717, 1.165) is 0 Å². The van der Waals surface area contributed by atoms with Gasteiger partial charge < -0.3 is 25.3 Å². The molecule has 0 saturated heterocycles. The first kappa shape index (κ1) is 19.0. The van der Waals surface area contributed by atoms with Crippen LogP contribution in [0.3, 0.4) is 0 Å². The molecule has 140 valence electrons. The van der Waals surface area contributed by atoms with Crippen LogP contribution in [0.25, 0.3) is 0 Å². The van der Waals surface area contributed by atoms with E-state index in [-0.39, 0.29) is 12.4 Å². The topological polar surface area (TPSA) is 146 Å². The smallest absolute Gasteiger partial charge is 0.326 e. The van der Waals surface area contributed by atoms with E-state index in [0.29, 0.717) is 11.5 Å². The highest BCUT2D eigenvalue weighted by Crippen LogP contribution is 2.32. The van der Waals surface area contributed by atoms with Crippen LogP contribution in [0.15, 0.2) is 18.2 Å². The van der Waals surface area contributed by atoms with Crippen LogP contribution >= 0.6 is 0 Å². The fourth-order valence-corrected chi connectivity index (χ4v) is 2.16. The van der Waals surface area contributed by atoms with Crippen molar-refractivity contribution in [1.29, 1.82) is 0 Å². The molecule has 10 nitrogen and oxygen atoms in total. The molecule has 0 bridgehead atoms. The van der Waals surface area contributed by atoms with Gasteiger partial charge in [0.25, 0.3) is 11.8 Å². The van der Waals surface area contributed by atoms with E-state index < -0.39 is 42.4 Å². The number of nitrogens with one attached hydrogen (secondary N) is 2. The van der Waals surface area contributed by atoms with E-state index >= 15 is 0 Å². The maximum Gasteiger partial charge on any atom is 0.326 e.